The van der Waals surface area contributed by atoms with E-state index >= 15 is 0 Å². The Morgan fingerprint density at radius 1 is 0.718 bits per heavy atom. The molecular weight excluding hydrogens is 490 g/mol. The lowest BCUT2D eigenvalue weighted by Gasteiger charge is -2.30. The molecule has 3 aromatic rings. The van der Waals surface area contributed by atoms with Crippen molar-refractivity contribution in [2.24, 2.45) is 0 Å². The van der Waals surface area contributed by atoms with Crippen LogP contribution >= 0.6 is 0 Å². The van der Waals surface area contributed by atoms with E-state index in [4.69, 9.17) is 14.2 Å². The highest BCUT2D eigenvalue weighted by Gasteiger charge is 2.37. The summed E-state index contributed by atoms with van der Waals surface area (Å²) in [5.74, 6) is -1.44. The third-order valence-corrected chi connectivity index (χ3v) is 6.40. The first kappa shape index (κ1) is 29.4. The summed E-state index contributed by atoms with van der Waals surface area (Å²) in [5, 5.41) is 3.07. The Morgan fingerprint density at radius 3 is 1.51 bits per heavy atom. The van der Waals surface area contributed by atoms with Crippen molar-refractivity contribution in [2.75, 3.05) is 20.8 Å². The van der Waals surface area contributed by atoms with Crippen LogP contribution in [0.15, 0.2) is 114 Å². The Bertz CT molecular complexity index is 1210. The van der Waals surface area contributed by atoms with Gasteiger partial charge in [-0.15, -0.1) is 0 Å². The molecule has 39 heavy (non-hydrogen) atoms. The van der Waals surface area contributed by atoms with Crippen LogP contribution in [0.25, 0.3) is 0 Å². The van der Waals surface area contributed by atoms with Crippen LogP contribution in [0.5, 0.6) is 0 Å². The predicted molar refractivity (Wildman–Crippen MR) is 153 cm³/mol. The summed E-state index contributed by atoms with van der Waals surface area (Å²) in [5.41, 5.74) is 5.44. The molecule has 0 unspecified atom stereocenters. The fourth-order valence-electron chi connectivity index (χ4n) is 4.61. The summed E-state index contributed by atoms with van der Waals surface area (Å²) in [6, 6.07) is 30.1. The highest BCUT2D eigenvalue weighted by Crippen LogP contribution is 2.38. The number of dihydropyridines is 1. The third kappa shape index (κ3) is 7.45. The molecule has 0 radical (unpaired) electrons. The zero-order valence-electron chi connectivity index (χ0n) is 23.3. The van der Waals surface area contributed by atoms with Gasteiger partial charge in [0.15, 0.2) is 0 Å². The maximum absolute atomic E-state index is 12.2. The Balaban J connectivity index is 0.000000223. The molecular formula is C33H37NO5. The van der Waals surface area contributed by atoms with Gasteiger partial charge in [-0.2, -0.15) is 0 Å². The average Bonchev–Trinajstić information content (AvgIpc) is 2.98. The first-order valence-electron chi connectivity index (χ1n) is 13.0. The van der Waals surface area contributed by atoms with Crippen LogP contribution in [0.1, 0.15) is 55.9 Å². The molecule has 1 N–H and O–H groups in total. The molecule has 0 aromatic heterocycles. The van der Waals surface area contributed by atoms with Gasteiger partial charge in [0.1, 0.15) is 6.10 Å². The van der Waals surface area contributed by atoms with Crippen molar-refractivity contribution in [3.63, 3.8) is 0 Å². The zero-order valence-corrected chi connectivity index (χ0v) is 23.3. The molecule has 6 nitrogen and oxygen atoms in total. The van der Waals surface area contributed by atoms with Gasteiger partial charge in [0.25, 0.3) is 0 Å². The van der Waals surface area contributed by atoms with Crippen LogP contribution in [0.2, 0.25) is 0 Å². The van der Waals surface area contributed by atoms with Gasteiger partial charge >= 0.3 is 11.9 Å². The monoisotopic (exact) mass is 527 g/mol. The number of methoxy groups -OCH3 is 2. The van der Waals surface area contributed by atoms with E-state index in [0.29, 0.717) is 22.5 Å². The lowest BCUT2D eigenvalue weighted by molar-refractivity contribution is -0.137. The van der Waals surface area contributed by atoms with E-state index in [2.05, 4.69) is 60.8 Å². The highest BCUT2D eigenvalue weighted by molar-refractivity contribution is 5.99. The van der Waals surface area contributed by atoms with Crippen LogP contribution in [0.3, 0.4) is 0 Å². The summed E-state index contributed by atoms with van der Waals surface area (Å²) in [6.07, 6.45) is 1.09. The number of benzene rings is 3. The number of allylic oxidation sites excluding steroid dienone is 2. The van der Waals surface area contributed by atoms with Crippen molar-refractivity contribution < 1.29 is 23.8 Å². The summed E-state index contributed by atoms with van der Waals surface area (Å²) in [6.45, 7) is 6.50. The van der Waals surface area contributed by atoms with Gasteiger partial charge in [-0.25, -0.2) is 9.59 Å². The Hall–Kier alpha value is -4.16. The van der Waals surface area contributed by atoms with Gasteiger partial charge in [-0.3, -0.25) is 0 Å². The molecule has 1 heterocycles. The number of rotatable bonds is 8. The summed E-state index contributed by atoms with van der Waals surface area (Å²) in [7, 11) is 2.65. The maximum atomic E-state index is 12.2. The van der Waals surface area contributed by atoms with Crippen LogP contribution in [-0.4, -0.2) is 32.8 Å². The Morgan fingerprint density at radius 2 is 1.13 bits per heavy atom. The maximum Gasteiger partial charge on any atom is 0.336 e. The molecule has 0 amide bonds. The number of carbonyl (C=O) groups excluding carboxylic acids is 2. The van der Waals surface area contributed by atoms with E-state index in [9.17, 15) is 9.59 Å². The van der Waals surface area contributed by atoms with E-state index in [-0.39, 0.29) is 6.10 Å². The smallest absolute Gasteiger partial charge is 0.336 e. The first-order valence-corrected chi connectivity index (χ1v) is 13.0. The molecule has 0 atom stereocenters. The largest absolute Gasteiger partial charge is 0.466 e. The van der Waals surface area contributed by atoms with Crippen LogP contribution < -0.4 is 5.32 Å². The number of nitrogens with one attached hydrogen (secondary N) is 1. The molecule has 1 aliphatic rings. The minimum atomic E-state index is -0.512. The standard InChI is InChI=1S/C17H19NO4.C16H18O/c1-10-13(16(19)21-3)15(12-8-6-5-7-9-12)14(11(2)18-10)17(20)22-4;1-2-13-17-16(14-9-5-3-6-10-14)15-11-7-4-8-12-15/h5-9,15,18H,1-4H3;3-12,16H,2,13H2,1H3. The molecule has 204 valence electrons. The fourth-order valence-corrected chi connectivity index (χ4v) is 4.61. The summed E-state index contributed by atoms with van der Waals surface area (Å²) in [4.78, 5) is 24.5. The van der Waals surface area contributed by atoms with Crippen molar-refractivity contribution >= 4 is 11.9 Å². The third-order valence-electron chi connectivity index (χ3n) is 6.40. The molecule has 0 aliphatic carbocycles. The minimum absolute atomic E-state index is 0.0531. The first-order chi connectivity index (χ1) is 18.9. The number of hydrogen-bond acceptors (Lipinski definition) is 6. The van der Waals surface area contributed by atoms with Crippen LogP contribution in [0.4, 0.5) is 0 Å². The van der Waals surface area contributed by atoms with Gasteiger partial charge < -0.3 is 19.5 Å². The Kier molecular flexibility index (Phi) is 11.1. The van der Waals surface area contributed by atoms with Crippen LogP contribution in [0, 0.1) is 0 Å². The fraction of sp³-hybridized carbons (Fsp3) is 0.273. The topological polar surface area (TPSA) is 73.9 Å². The number of esters is 2. The number of ether oxygens (including phenoxy) is 3. The van der Waals surface area contributed by atoms with E-state index in [1.807, 2.05) is 42.5 Å². The second kappa shape index (κ2) is 14.7. The summed E-state index contributed by atoms with van der Waals surface area (Å²) < 4.78 is 15.8. The molecule has 0 bridgehead atoms. The van der Waals surface area contributed by atoms with Crippen molar-refractivity contribution in [2.45, 2.75) is 39.2 Å². The van der Waals surface area contributed by atoms with Crippen molar-refractivity contribution in [3.8, 4) is 0 Å². The van der Waals surface area contributed by atoms with E-state index in [1.54, 1.807) is 13.8 Å². The van der Waals surface area contributed by atoms with Gasteiger partial charge in [0.2, 0.25) is 0 Å². The van der Waals surface area contributed by atoms with Gasteiger partial charge in [-0.05, 0) is 37.0 Å². The lowest BCUT2D eigenvalue weighted by Crippen LogP contribution is -2.32. The average molecular weight is 528 g/mol. The van der Waals surface area contributed by atoms with E-state index in [0.717, 1.165) is 18.6 Å². The van der Waals surface area contributed by atoms with Crippen molar-refractivity contribution in [1.29, 1.82) is 0 Å². The molecule has 0 spiro atoms. The molecule has 0 saturated carbocycles. The molecule has 4 rings (SSSR count). The van der Waals surface area contributed by atoms with Gasteiger partial charge in [-0.1, -0.05) is 97.9 Å². The minimum Gasteiger partial charge on any atom is -0.466 e. The van der Waals surface area contributed by atoms with Crippen LogP contribution in [-0.2, 0) is 23.8 Å². The quantitative estimate of drug-likeness (QED) is 0.339. The van der Waals surface area contributed by atoms with Crippen molar-refractivity contribution in [1.82, 2.24) is 5.32 Å². The molecule has 0 saturated heterocycles. The zero-order chi connectivity index (χ0) is 28.2. The van der Waals surface area contributed by atoms with Crippen molar-refractivity contribution in [3.05, 3.63) is 130 Å². The normalized spacial score (nSPS) is 13.4. The highest BCUT2D eigenvalue weighted by atomic mass is 16.5. The lowest BCUT2D eigenvalue weighted by atomic mass is 9.80. The van der Waals surface area contributed by atoms with Gasteiger partial charge in [0, 0.05) is 18.0 Å². The van der Waals surface area contributed by atoms with E-state index < -0.39 is 17.9 Å². The second-order valence-corrected chi connectivity index (χ2v) is 9.10. The SMILES string of the molecule is CCCOC(c1ccccc1)c1ccccc1.COC(=O)C1=C(C)NC(C)=C(C(=O)OC)C1c1ccccc1. The molecule has 6 heteroatoms. The van der Waals surface area contributed by atoms with Gasteiger partial charge in [0.05, 0.1) is 31.3 Å². The molecule has 1 aliphatic heterocycles. The summed E-state index contributed by atoms with van der Waals surface area (Å²) >= 11 is 0. The Labute approximate surface area is 231 Å². The number of hydrogen-bond donors (Lipinski definition) is 1. The van der Waals surface area contributed by atoms with E-state index in [1.165, 1.54) is 25.3 Å². The second-order valence-electron chi connectivity index (χ2n) is 9.10. The predicted octanol–water partition coefficient (Wildman–Crippen LogP) is 6.47. The number of carbonyl (C=O) groups is 2. The molecule has 0 fully saturated rings. The molecule has 3 aromatic carbocycles.